The SMILES string of the molecule is CCOc1ccc(-c2cnc(-c3ccccc3C(=O)Nc3ccc(Oc4ccccc4)cc3)o2)cc1. The summed E-state index contributed by atoms with van der Waals surface area (Å²) in [6.07, 6.45) is 1.66. The lowest BCUT2D eigenvalue weighted by atomic mass is 10.1. The summed E-state index contributed by atoms with van der Waals surface area (Å²) in [6, 6.07) is 31.6. The summed E-state index contributed by atoms with van der Waals surface area (Å²) in [7, 11) is 0. The highest BCUT2D eigenvalue weighted by Gasteiger charge is 2.17. The minimum absolute atomic E-state index is 0.261. The third-order valence-electron chi connectivity index (χ3n) is 5.45. The first-order chi connectivity index (χ1) is 17.7. The van der Waals surface area contributed by atoms with Crippen molar-refractivity contribution in [2.75, 3.05) is 11.9 Å². The highest BCUT2D eigenvalue weighted by molar-refractivity contribution is 6.08. The fraction of sp³-hybridized carbons (Fsp3) is 0.0667. The lowest BCUT2D eigenvalue weighted by molar-refractivity contribution is 0.102. The zero-order valence-electron chi connectivity index (χ0n) is 19.7. The maximum absolute atomic E-state index is 13.1. The number of hydrogen-bond acceptors (Lipinski definition) is 5. The molecule has 36 heavy (non-hydrogen) atoms. The summed E-state index contributed by atoms with van der Waals surface area (Å²) in [6.45, 7) is 2.55. The monoisotopic (exact) mass is 476 g/mol. The molecule has 0 aliphatic heterocycles. The van der Waals surface area contributed by atoms with Crippen molar-refractivity contribution in [1.29, 1.82) is 0 Å². The Morgan fingerprint density at radius 1 is 0.806 bits per heavy atom. The van der Waals surface area contributed by atoms with Crippen LogP contribution in [0.3, 0.4) is 0 Å². The van der Waals surface area contributed by atoms with Crippen LogP contribution in [0, 0.1) is 0 Å². The van der Waals surface area contributed by atoms with E-state index in [-0.39, 0.29) is 5.91 Å². The summed E-state index contributed by atoms with van der Waals surface area (Å²) >= 11 is 0. The molecule has 1 N–H and O–H groups in total. The number of carbonyl (C=O) groups excluding carboxylic acids is 1. The average Bonchev–Trinajstić information content (AvgIpc) is 3.41. The topological polar surface area (TPSA) is 73.6 Å². The zero-order valence-corrected chi connectivity index (χ0v) is 19.7. The predicted molar refractivity (Wildman–Crippen MR) is 139 cm³/mol. The normalized spacial score (nSPS) is 10.6. The summed E-state index contributed by atoms with van der Waals surface area (Å²) in [5.74, 6) is 2.94. The quantitative estimate of drug-likeness (QED) is 0.252. The molecule has 0 saturated carbocycles. The number of nitrogens with zero attached hydrogens (tertiary/aromatic N) is 1. The highest BCUT2D eigenvalue weighted by atomic mass is 16.5. The second-order valence-corrected chi connectivity index (χ2v) is 7.93. The van der Waals surface area contributed by atoms with Gasteiger partial charge in [-0.2, -0.15) is 0 Å². The highest BCUT2D eigenvalue weighted by Crippen LogP contribution is 2.30. The number of ether oxygens (including phenoxy) is 2. The van der Waals surface area contributed by atoms with Crippen LogP contribution in [0.2, 0.25) is 0 Å². The maximum atomic E-state index is 13.1. The number of rotatable bonds is 8. The number of oxazole rings is 1. The lowest BCUT2D eigenvalue weighted by Crippen LogP contribution is -2.13. The van der Waals surface area contributed by atoms with Crippen molar-refractivity contribution in [1.82, 2.24) is 4.98 Å². The van der Waals surface area contributed by atoms with Crippen LogP contribution in [0.15, 0.2) is 114 Å². The van der Waals surface area contributed by atoms with Gasteiger partial charge in [0, 0.05) is 16.8 Å². The van der Waals surface area contributed by atoms with Crippen molar-refractivity contribution < 1.29 is 18.7 Å². The van der Waals surface area contributed by atoms with Crippen molar-refractivity contribution in [3.8, 4) is 40.0 Å². The van der Waals surface area contributed by atoms with Crippen molar-refractivity contribution in [3.05, 3.63) is 115 Å². The van der Waals surface area contributed by atoms with E-state index < -0.39 is 0 Å². The Bertz CT molecular complexity index is 1440. The molecule has 0 bridgehead atoms. The summed E-state index contributed by atoms with van der Waals surface area (Å²) in [4.78, 5) is 17.6. The van der Waals surface area contributed by atoms with Gasteiger partial charge in [-0.15, -0.1) is 0 Å². The Labute approximate surface area is 209 Å². The number of benzene rings is 4. The predicted octanol–water partition coefficient (Wildman–Crippen LogP) is 7.45. The molecule has 6 nitrogen and oxygen atoms in total. The fourth-order valence-electron chi connectivity index (χ4n) is 3.71. The number of aromatic nitrogens is 1. The molecule has 0 saturated heterocycles. The summed E-state index contributed by atoms with van der Waals surface area (Å²) in [5, 5.41) is 2.94. The van der Waals surface area contributed by atoms with E-state index in [1.54, 1.807) is 24.4 Å². The summed E-state index contributed by atoms with van der Waals surface area (Å²) < 4.78 is 17.3. The van der Waals surface area contributed by atoms with Gasteiger partial charge in [-0.1, -0.05) is 30.3 Å². The van der Waals surface area contributed by atoms with E-state index in [2.05, 4.69) is 10.3 Å². The molecular weight excluding hydrogens is 452 g/mol. The van der Waals surface area contributed by atoms with Crippen molar-refractivity contribution >= 4 is 11.6 Å². The van der Waals surface area contributed by atoms with Crippen LogP contribution in [0.5, 0.6) is 17.2 Å². The van der Waals surface area contributed by atoms with Crippen LogP contribution in [0.4, 0.5) is 5.69 Å². The number of para-hydroxylation sites is 1. The maximum Gasteiger partial charge on any atom is 0.256 e. The van der Waals surface area contributed by atoms with Crippen LogP contribution in [-0.4, -0.2) is 17.5 Å². The average molecular weight is 477 g/mol. The van der Waals surface area contributed by atoms with E-state index in [9.17, 15) is 4.79 Å². The van der Waals surface area contributed by atoms with Gasteiger partial charge in [0.05, 0.1) is 18.4 Å². The fourth-order valence-corrected chi connectivity index (χ4v) is 3.71. The van der Waals surface area contributed by atoms with Gasteiger partial charge in [0.25, 0.3) is 5.91 Å². The first-order valence-electron chi connectivity index (χ1n) is 11.6. The van der Waals surface area contributed by atoms with E-state index in [0.717, 1.165) is 17.1 Å². The summed E-state index contributed by atoms with van der Waals surface area (Å²) in [5.41, 5.74) is 2.59. The third kappa shape index (κ3) is 5.28. The van der Waals surface area contributed by atoms with Gasteiger partial charge in [0.1, 0.15) is 17.2 Å². The zero-order chi connectivity index (χ0) is 24.7. The van der Waals surface area contributed by atoms with Crippen molar-refractivity contribution in [2.45, 2.75) is 6.92 Å². The Morgan fingerprint density at radius 2 is 1.47 bits per heavy atom. The van der Waals surface area contributed by atoms with Gasteiger partial charge in [0.2, 0.25) is 5.89 Å². The molecule has 1 amide bonds. The van der Waals surface area contributed by atoms with Crippen LogP contribution in [-0.2, 0) is 0 Å². The molecule has 6 heteroatoms. The van der Waals surface area contributed by atoms with Crippen LogP contribution < -0.4 is 14.8 Å². The number of nitrogens with one attached hydrogen (secondary N) is 1. The molecule has 1 heterocycles. The number of hydrogen-bond donors (Lipinski definition) is 1. The van der Waals surface area contributed by atoms with Gasteiger partial charge in [-0.05, 0) is 79.7 Å². The van der Waals surface area contributed by atoms with Crippen molar-refractivity contribution in [3.63, 3.8) is 0 Å². The molecule has 5 rings (SSSR count). The largest absolute Gasteiger partial charge is 0.494 e. The van der Waals surface area contributed by atoms with Gasteiger partial charge in [-0.25, -0.2) is 4.98 Å². The molecule has 178 valence electrons. The first kappa shape index (κ1) is 22.9. The smallest absolute Gasteiger partial charge is 0.256 e. The molecule has 0 unspecified atom stereocenters. The van der Waals surface area contributed by atoms with E-state index in [0.29, 0.717) is 40.8 Å². The standard InChI is InChI=1S/C30H24N2O4/c1-2-34-23-16-12-21(13-17-23)28-20-31-30(36-28)27-11-7-6-10-26(27)29(33)32-22-14-18-25(19-15-22)35-24-8-4-3-5-9-24/h3-20H,2H2,1H3,(H,32,33). The van der Waals surface area contributed by atoms with E-state index in [1.807, 2.05) is 91.9 Å². The molecule has 0 aliphatic carbocycles. The minimum Gasteiger partial charge on any atom is -0.494 e. The Balaban J connectivity index is 1.31. The van der Waals surface area contributed by atoms with E-state index >= 15 is 0 Å². The Kier molecular flexibility index (Phi) is 6.76. The van der Waals surface area contributed by atoms with Crippen molar-refractivity contribution in [2.24, 2.45) is 0 Å². The second-order valence-electron chi connectivity index (χ2n) is 7.93. The van der Waals surface area contributed by atoms with Crippen LogP contribution >= 0.6 is 0 Å². The molecule has 0 radical (unpaired) electrons. The Hall–Kier alpha value is -4.84. The number of amides is 1. The molecule has 4 aromatic carbocycles. The van der Waals surface area contributed by atoms with Gasteiger partial charge in [0.15, 0.2) is 5.76 Å². The molecular formula is C30H24N2O4. The van der Waals surface area contributed by atoms with E-state index in [4.69, 9.17) is 13.9 Å². The Morgan fingerprint density at radius 3 is 2.22 bits per heavy atom. The second kappa shape index (κ2) is 10.6. The molecule has 0 spiro atoms. The van der Waals surface area contributed by atoms with E-state index in [1.165, 1.54) is 0 Å². The molecule has 0 fully saturated rings. The molecule has 1 aromatic heterocycles. The lowest BCUT2D eigenvalue weighted by Gasteiger charge is -2.10. The molecule has 0 atom stereocenters. The molecule has 5 aromatic rings. The number of carbonyl (C=O) groups is 1. The third-order valence-corrected chi connectivity index (χ3v) is 5.45. The van der Waals surface area contributed by atoms with Gasteiger partial charge < -0.3 is 19.2 Å². The molecule has 0 aliphatic rings. The first-order valence-corrected chi connectivity index (χ1v) is 11.6. The minimum atomic E-state index is -0.261. The number of anilines is 1. The van der Waals surface area contributed by atoms with Gasteiger partial charge in [-0.3, -0.25) is 4.79 Å². The van der Waals surface area contributed by atoms with Crippen LogP contribution in [0.1, 0.15) is 17.3 Å². The van der Waals surface area contributed by atoms with Crippen LogP contribution in [0.25, 0.3) is 22.8 Å². The van der Waals surface area contributed by atoms with Gasteiger partial charge >= 0.3 is 0 Å².